The van der Waals surface area contributed by atoms with Gasteiger partial charge >= 0.3 is 0 Å². The topological polar surface area (TPSA) is 32.3 Å². The van der Waals surface area contributed by atoms with Gasteiger partial charge in [0, 0.05) is 31.1 Å². The molecule has 15 heavy (non-hydrogen) atoms. The summed E-state index contributed by atoms with van der Waals surface area (Å²) >= 11 is 3.87. The van der Waals surface area contributed by atoms with Gasteiger partial charge in [-0.05, 0) is 35.6 Å². The fourth-order valence-electron chi connectivity index (χ4n) is 1.73. The second kappa shape index (κ2) is 4.80. The molecule has 3 nitrogen and oxygen atoms in total. The van der Waals surface area contributed by atoms with Crippen molar-refractivity contribution in [3.05, 3.63) is 19.9 Å². The minimum atomic E-state index is 0.170. The highest BCUT2D eigenvalue weighted by atomic mass is 127. The summed E-state index contributed by atoms with van der Waals surface area (Å²) in [6.07, 6.45) is 0. The second-order valence-electron chi connectivity index (χ2n) is 3.69. The van der Waals surface area contributed by atoms with Crippen LogP contribution in [0.2, 0.25) is 0 Å². The van der Waals surface area contributed by atoms with Crippen molar-refractivity contribution in [2.24, 2.45) is 0 Å². The van der Waals surface area contributed by atoms with Crippen molar-refractivity contribution in [2.75, 3.05) is 19.6 Å². The van der Waals surface area contributed by atoms with Crippen LogP contribution in [0.3, 0.4) is 0 Å². The largest absolute Gasteiger partial charge is 0.333 e. The van der Waals surface area contributed by atoms with E-state index in [4.69, 9.17) is 0 Å². The van der Waals surface area contributed by atoms with Gasteiger partial charge < -0.3 is 10.2 Å². The number of rotatable bonds is 1. The average molecular weight is 336 g/mol. The molecule has 1 amide bonds. The molecule has 1 fully saturated rings. The summed E-state index contributed by atoms with van der Waals surface area (Å²) in [7, 11) is 0. The summed E-state index contributed by atoms with van der Waals surface area (Å²) in [5.41, 5.74) is 0.832. The predicted octanol–water partition coefficient (Wildman–Crippen LogP) is 1.79. The van der Waals surface area contributed by atoms with Crippen molar-refractivity contribution < 1.29 is 4.79 Å². The Hall–Kier alpha value is -0.140. The lowest BCUT2D eigenvalue weighted by molar-refractivity contribution is 0.0656. The molecule has 1 aliphatic rings. The molecule has 0 saturated carbocycles. The van der Waals surface area contributed by atoms with Gasteiger partial charge in [-0.25, -0.2) is 0 Å². The van der Waals surface area contributed by atoms with Crippen LogP contribution >= 0.6 is 33.9 Å². The van der Waals surface area contributed by atoms with Crippen molar-refractivity contribution in [2.45, 2.75) is 13.0 Å². The molecule has 0 spiro atoms. The Morgan fingerprint density at radius 1 is 1.73 bits per heavy atom. The molecule has 0 aliphatic carbocycles. The van der Waals surface area contributed by atoms with E-state index in [9.17, 15) is 4.79 Å². The van der Waals surface area contributed by atoms with Gasteiger partial charge in [0.1, 0.15) is 0 Å². The highest BCUT2D eigenvalue weighted by Crippen LogP contribution is 2.19. The number of thiophene rings is 1. The van der Waals surface area contributed by atoms with Crippen LogP contribution in [0.5, 0.6) is 0 Å². The summed E-state index contributed by atoms with van der Waals surface area (Å²) in [4.78, 5) is 14.1. The number of carbonyl (C=O) groups is 1. The molecule has 0 radical (unpaired) electrons. The van der Waals surface area contributed by atoms with E-state index in [-0.39, 0.29) is 5.91 Å². The van der Waals surface area contributed by atoms with E-state index in [0.717, 1.165) is 25.2 Å². The Bertz CT molecular complexity index is 366. The minimum absolute atomic E-state index is 0.170. The molecular weight excluding hydrogens is 323 g/mol. The third-order valence-corrected chi connectivity index (χ3v) is 4.37. The summed E-state index contributed by atoms with van der Waals surface area (Å²) in [6, 6.07) is 2.26. The van der Waals surface area contributed by atoms with Gasteiger partial charge in [0.25, 0.3) is 5.91 Å². The molecule has 1 aliphatic heterocycles. The Balaban J connectivity index is 2.13. The van der Waals surface area contributed by atoms with Crippen LogP contribution in [0.25, 0.3) is 0 Å². The lowest BCUT2D eigenvalue weighted by Crippen LogP contribution is -2.52. The summed E-state index contributed by atoms with van der Waals surface area (Å²) < 4.78 is 1.17. The molecule has 1 atom stereocenters. The maximum absolute atomic E-state index is 12.1. The maximum Gasteiger partial charge on any atom is 0.255 e. The lowest BCUT2D eigenvalue weighted by atomic mass is 10.2. The zero-order valence-electron chi connectivity index (χ0n) is 8.50. The van der Waals surface area contributed by atoms with E-state index < -0.39 is 0 Å². The van der Waals surface area contributed by atoms with Crippen LogP contribution in [-0.4, -0.2) is 36.5 Å². The van der Waals surface area contributed by atoms with Gasteiger partial charge in [-0.3, -0.25) is 4.79 Å². The van der Waals surface area contributed by atoms with E-state index in [2.05, 4.69) is 34.8 Å². The number of piperazine rings is 1. The molecule has 0 unspecified atom stereocenters. The van der Waals surface area contributed by atoms with Crippen molar-refractivity contribution >= 4 is 39.8 Å². The van der Waals surface area contributed by atoms with Gasteiger partial charge in [0.05, 0.1) is 8.45 Å². The van der Waals surface area contributed by atoms with Crippen molar-refractivity contribution in [3.63, 3.8) is 0 Å². The first-order valence-electron chi connectivity index (χ1n) is 4.94. The Kier molecular flexibility index (Phi) is 3.63. The number of halogens is 1. The molecule has 0 bridgehead atoms. The van der Waals surface area contributed by atoms with Crippen LogP contribution in [0.1, 0.15) is 17.3 Å². The number of hydrogen-bond acceptors (Lipinski definition) is 3. The minimum Gasteiger partial charge on any atom is -0.333 e. The SMILES string of the molecule is C[C@H]1CNCCN1C(=O)c1csc(I)c1. The number of hydrogen-bond donors (Lipinski definition) is 1. The third-order valence-electron chi connectivity index (χ3n) is 2.58. The number of amides is 1. The molecule has 0 aromatic carbocycles. The van der Waals surface area contributed by atoms with E-state index >= 15 is 0 Å². The molecule has 2 rings (SSSR count). The predicted molar refractivity (Wildman–Crippen MR) is 70.4 cm³/mol. The smallest absolute Gasteiger partial charge is 0.255 e. The first kappa shape index (κ1) is 11.3. The molecule has 1 N–H and O–H groups in total. The Morgan fingerprint density at radius 2 is 2.53 bits per heavy atom. The molecule has 5 heteroatoms. The van der Waals surface area contributed by atoms with Crippen LogP contribution in [0, 0.1) is 2.88 Å². The van der Waals surface area contributed by atoms with E-state index in [1.54, 1.807) is 11.3 Å². The average Bonchev–Trinajstić information content (AvgIpc) is 2.65. The van der Waals surface area contributed by atoms with Crippen LogP contribution < -0.4 is 5.32 Å². The second-order valence-corrected chi connectivity index (χ2v) is 6.50. The highest BCUT2D eigenvalue weighted by molar-refractivity contribution is 14.1. The van der Waals surface area contributed by atoms with Crippen molar-refractivity contribution in [1.82, 2.24) is 10.2 Å². The molecule has 1 aromatic rings. The molecule has 1 aromatic heterocycles. The fraction of sp³-hybridized carbons (Fsp3) is 0.500. The first-order chi connectivity index (χ1) is 7.18. The Labute approximate surface area is 107 Å². The quantitative estimate of drug-likeness (QED) is 0.793. The molecule has 2 heterocycles. The zero-order chi connectivity index (χ0) is 10.8. The Morgan fingerprint density at radius 3 is 3.13 bits per heavy atom. The maximum atomic E-state index is 12.1. The number of carbonyl (C=O) groups excluding carboxylic acids is 1. The van der Waals surface area contributed by atoms with Crippen LogP contribution in [0.15, 0.2) is 11.4 Å². The standard InChI is InChI=1S/C10H13IN2OS/c1-7-5-12-2-3-13(7)10(14)8-4-9(11)15-6-8/h4,6-7,12H,2-3,5H2,1H3/t7-/m0/s1. The monoisotopic (exact) mass is 336 g/mol. The summed E-state index contributed by atoms with van der Waals surface area (Å²) in [5, 5.41) is 5.23. The fourth-order valence-corrected chi connectivity index (χ4v) is 3.05. The highest BCUT2D eigenvalue weighted by Gasteiger charge is 2.24. The van der Waals surface area contributed by atoms with Gasteiger partial charge in [0.2, 0.25) is 0 Å². The number of nitrogens with one attached hydrogen (secondary N) is 1. The lowest BCUT2D eigenvalue weighted by Gasteiger charge is -2.33. The van der Waals surface area contributed by atoms with Gasteiger partial charge in [-0.2, -0.15) is 0 Å². The van der Waals surface area contributed by atoms with Crippen LogP contribution in [0.4, 0.5) is 0 Å². The van der Waals surface area contributed by atoms with Crippen molar-refractivity contribution in [3.8, 4) is 0 Å². The van der Waals surface area contributed by atoms with Gasteiger partial charge in [-0.15, -0.1) is 11.3 Å². The van der Waals surface area contributed by atoms with Gasteiger partial charge in [-0.1, -0.05) is 0 Å². The summed E-state index contributed by atoms with van der Waals surface area (Å²) in [6.45, 7) is 4.69. The van der Waals surface area contributed by atoms with E-state index in [1.807, 2.05) is 16.3 Å². The molecular formula is C10H13IN2OS. The summed E-state index contributed by atoms with van der Waals surface area (Å²) in [5.74, 6) is 0.170. The first-order valence-corrected chi connectivity index (χ1v) is 6.90. The normalized spacial score (nSPS) is 21.7. The van der Waals surface area contributed by atoms with E-state index in [1.165, 1.54) is 2.88 Å². The van der Waals surface area contributed by atoms with Gasteiger partial charge in [0.15, 0.2) is 0 Å². The van der Waals surface area contributed by atoms with Crippen molar-refractivity contribution in [1.29, 1.82) is 0 Å². The number of nitrogens with zero attached hydrogens (tertiary/aromatic N) is 1. The zero-order valence-corrected chi connectivity index (χ0v) is 11.5. The van der Waals surface area contributed by atoms with E-state index in [0.29, 0.717) is 6.04 Å². The van der Waals surface area contributed by atoms with Crippen LogP contribution in [-0.2, 0) is 0 Å². The third kappa shape index (κ3) is 2.51. The molecule has 1 saturated heterocycles. The molecule has 82 valence electrons.